The molecule has 0 saturated heterocycles. The van der Waals surface area contributed by atoms with E-state index in [4.69, 9.17) is 11.5 Å². The second-order valence-electron chi connectivity index (χ2n) is 3.23. The highest BCUT2D eigenvalue weighted by atomic mass is 16.4. The summed E-state index contributed by atoms with van der Waals surface area (Å²) in [5, 5.41) is 8.68. The predicted molar refractivity (Wildman–Crippen MR) is 58.2 cm³/mol. The summed E-state index contributed by atoms with van der Waals surface area (Å²) in [6.45, 7) is 0.887. The van der Waals surface area contributed by atoms with E-state index < -0.39 is 5.97 Å². The average molecular weight is 203 g/mol. The molecule has 0 aliphatic heterocycles. The molecule has 1 aromatic rings. The summed E-state index contributed by atoms with van der Waals surface area (Å²) < 4.78 is 0. The number of terminal acetylenes is 1. The minimum atomic E-state index is -0.860. The molecule has 0 radical (unpaired) electrons. The fraction of sp³-hybridized carbons (Fsp3) is 0.250. The molecular formula is C12H13NO2. The minimum Gasteiger partial charge on any atom is -0.480 e. The molecule has 0 unspecified atom stereocenters. The molecule has 78 valence electrons. The molecule has 0 saturated carbocycles. The Morgan fingerprint density at radius 3 is 2.60 bits per heavy atom. The van der Waals surface area contributed by atoms with E-state index in [9.17, 15) is 4.79 Å². The number of benzene rings is 1. The molecule has 0 fully saturated rings. The summed E-state index contributed by atoms with van der Waals surface area (Å²) in [5.41, 5.74) is 1.06. The standard InChI is InChI=1S/C12H13NO2/c1-2-8-13(10-12(14)15)9-11-6-4-3-5-7-11/h1,3-7H,8-10H2,(H,14,15). The van der Waals surface area contributed by atoms with Crippen molar-refractivity contribution in [2.75, 3.05) is 13.1 Å². The Bertz CT molecular complexity index is 354. The maximum Gasteiger partial charge on any atom is 0.317 e. The third-order valence-corrected chi connectivity index (χ3v) is 1.92. The number of aliphatic carboxylic acids is 1. The number of carboxylic acid groups (broad SMARTS) is 1. The van der Waals surface area contributed by atoms with Crippen LogP contribution < -0.4 is 0 Å². The van der Waals surface area contributed by atoms with E-state index in [2.05, 4.69) is 5.92 Å². The van der Waals surface area contributed by atoms with Gasteiger partial charge in [-0.1, -0.05) is 36.3 Å². The van der Waals surface area contributed by atoms with E-state index in [0.717, 1.165) is 5.56 Å². The van der Waals surface area contributed by atoms with Crippen molar-refractivity contribution < 1.29 is 9.90 Å². The third-order valence-electron chi connectivity index (χ3n) is 1.92. The zero-order chi connectivity index (χ0) is 11.1. The van der Waals surface area contributed by atoms with Gasteiger partial charge in [0, 0.05) is 6.54 Å². The molecule has 0 aliphatic rings. The molecule has 0 atom stereocenters. The number of hydrogen-bond donors (Lipinski definition) is 1. The predicted octanol–water partition coefficient (Wildman–Crippen LogP) is 1.21. The molecular weight excluding hydrogens is 190 g/mol. The largest absolute Gasteiger partial charge is 0.480 e. The smallest absolute Gasteiger partial charge is 0.317 e. The van der Waals surface area contributed by atoms with Gasteiger partial charge < -0.3 is 5.11 Å². The van der Waals surface area contributed by atoms with Crippen molar-refractivity contribution in [1.82, 2.24) is 4.90 Å². The van der Waals surface area contributed by atoms with Crippen molar-refractivity contribution in [2.45, 2.75) is 6.54 Å². The lowest BCUT2D eigenvalue weighted by atomic mass is 10.2. The molecule has 0 heterocycles. The molecule has 1 aromatic carbocycles. The summed E-state index contributed by atoms with van der Waals surface area (Å²) in [7, 11) is 0. The second-order valence-corrected chi connectivity index (χ2v) is 3.23. The van der Waals surface area contributed by atoms with E-state index in [1.807, 2.05) is 30.3 Å². The first kappa shape index (κ1) is 11.3. The van der Waals surface area contributed by atoms with Crippen molar-refractivity contribution in [3.63, 3.8) is 0 Å². The van der Waals surface area contributed by atoms with Gasteiger partial charge in [-0.2, -0.15) is 0 Å². The van der Waals surface area contributed by atoms with Gasteiger partial charge in [0.05, 0.1) is 13.1 Å². The van der Waals surface area contributed by atoms with Gasteiger partial charge in [0.25, 0.3) is 0 Å². The van der Waals surface area contributed by atoms with Crippen molar-refractivity contribution in [3.05, 3.63) is 35.9 Å². The average Bonchev–Trinajstić information content (AvgIpc) is 2.18. The molecule has 0 spiro atoms. The van der Waals surface area contributed by atoms with Gasteiger partial charge in [-0.3, -0.25) is 9.69 Å². The van der Waals surface area contributed by atoms with Crippen LogP contribution in [0.3, 0.4) is 0 Å². The molecule has 0 aliphatic carbocycles. The zero-order valence-corrected chi connectivity index (χ0v) is 8.39. The molecule has 0 bridgehead atoms. The number of carboxylic acids is 1. The SMILES string of the molecule is C#CCN(CC(=O)O)Cc1ccccc1. The van der Waals surface area contributed by atoms with Crippen LogP contribution in [0.25, 0.3) is 0 Å². The summed E-state index contributed by atoms with van der Waals surface area (Å²) in [4.78, 5) is 12.3. The Morgan fingerprint density at radius 1 is 1.40 bits per heavy atom. The molecule has 1 N–H and O–H groups in total. The maximum absolute atomic E-state index is 10.6. The van der Waals surface area contributed by atoms with Crippen LogP contribution in [0.2, 0.25) is 0 Å². The first-order valence-corrected chi connectivity index (χ1v) is 4.64. The molecule has 1 rings (SSSR count). The summed E-state index contributed by atoms with van der Waals surface area (Å²) in [6, 6.07) is 9.66. The maximum atomic E-state index is 10.6. The van der Waals surface area contributed by atoms with Crippen LogP contribution in [-0.2, 0) is 11.3 Å². The number of carbonyl (C=O) groups is 1. The zero-order valence-electron chi connectivity index (χ0n) is 8.39. The van der Waals surface area contributed by atoms with Crippen molar-refractivity contribution in [2.24, 2.45) is 0 Å². The van der Waals surface area contributed by atoms with E-state index in [1.165, 1.54) is 0 Å². The van der Waals surface area contributed by atoms with Gasteiger partial charge in [-0.25, -0.2) is 0 Å². The van der Waals surface area contributed by atoms with Crippen LogP contribution in [0, 0.1) is 12.3 Å². The highest BCUT2D eigenvalue weighted by Gasteiger charge is 2.08. The molecule has 0 aromatic heterocycles. The molecule has 3 nitrogen and oxygen atoms in total. The monoisotopic (exact) mass is 203 g/mol. The molecule has 0 amide bonds. The van der Waals surface area contributed by atoms with Gasteiger partial charge in [-0.05, 0) is 5.56 Å². The highest BCUT2D eigenvalue weighted by molar-refractivity contribution is 5.69. The number of nitrogens with zero attached hydrogens (tertiary/aromatic N) is 1. The Labute approximate surface area is 89.3 Å². The normalized spacial score (nSPS) is 9.87. The lowest BCUT2D eigenvalue weighted by Crippen LogP contribution is -2.29. The van der Waals surface area contributed by atoms with Gasteiger partial charge in [0.15, 0.2) is 0 Å². The lowest BCUT2D eigenvalue weighted by molar-refractivity contribution is -0.138. The fourth-order valence-electron chi connectivity index (χ4n) is 1.33. The topological polar surface area (TPSA) is 40.5 Å². The van der Waals surface area contributed by atoms with E-state index in [1.54, 1.807) is 4.90 Å². The first-order valence-electron chi connectivity index (χ1n) is 4.64. The fourth-order valence-corrected chi connectivity index (χ4v) is 1.33. The molecule has 3 heteroatoms. The van der Waals surface area contributed by atoms with Crippen LogP contribution in [-0.4, -0.2) is 29.1 Å². The quantitative estimate of drug-likeness (QED) is 0.731. The third kappa shape index (κ3) is 4.30. The van der Waals surface area contributed by atoms with Gasteiger partial charge in [0.2, 0.25) is 0 Å². The lowest BCUT2D eigenvalue weighted by Gasteiger charge is -2.16. The van der Waals surface area contributed by atoms with Crippen molar-refractivity contribution in [3.8, 4) is 12.3 Å². The molecule has 15 heavy (non-hydrogen) atoms. The van der Waals surface area contributed by atoms with Crippen molar-refractivity contribution in [1.29, 1.82) is 0 Å². The summed E-state index contributed by atoms with van der Waals surface area (Å²) >= 11 is 0. The van der Waals surface area contributed by atoms with E-state index >= 15 is 0 Å². The Balaban J connectivity index is 2.59. The second kappa shape index (κ2) is 5.84. The van der Waals surface area contributed by atoms with Gasteiger partial charge in [-0.15, -0.1) is 6.42 Å². The van der Waals surface area contributed by atoms with Crippen LogP contribution in [0.15, 0.2) is 30.3 Å². The van der Waals surface area contributed by atoms with Crippen molar-refractivity contribution >= 4 is 5.97 Å². The Kier molecular flexibility index (Phi) is 4.39. The number of hydrogen-bond acceptors (Lipinski definition) is 2. The van der Waals surface area contributed by atoms with Crippen LogP contribution >= 0.6 is 0 Å². The first-order chi connectivity index (χ1) is 7.22. The van der Waals surface area contributed by atoms with Gasteiger partial charge in [0.1, 0.15) is 0 Å². The number of rotatable bonds is 5. The van der Waals surface area contributed by atoms with Crippen LogP contribution in [0.4, 0.5) is 0 Å². The highest BCUT2D eigenvalue weighted by Crippen LogP contribution is 2.03. The van der Waals surface area contributed by atoms with Crippen LogP contribution in [0.5, 0.6) is 0 Å². The Morgan fingerprint density at radius 2 is 2.07 bits per heavy atom. The minimum absolute atomic E-state index is 0.0287. The van der Waals surface area contributed by atoms with E-state index in [0.29, 0.717) is 13.1 Å². The van der Waals surface area contributed by atoms with Crippen LogP contribution in [0.1, 0.15) is 5.56 Å². The summed E-state index contributed by atoms with van der Waals surface area (Å²) in [5.74, 6) is 1.60. The van der Waals surface area contributed by atoms with E-state index in [-0.39, 0.29) is 6.54 Å². The Hall–Kier alpha value is -1.79. The van der Waals surface area contributed by atoms with Gasteiger partial charge >= 0.3 is 5.97 Å². The summed E-state index contributed by atoms with van der Waals surface area (Å²) in [6.07, 6.45) is 5.17.